The number of aryl methyl sites for hydroxylation is 1. The van der Waals surface area contributed by atoms with Crippen molar-refractivity contribution in [3.05, 3.63) is 66.0 Å². The van der Waals surface area contributed by atoms with Gasteiger partial charge >= 0.3 is 0 Å². The molecule has 0 radical (unpaired) electrons. The van der Waals surface area contributed by atoms with Crippen molar-refractivity contribution < 1.29 is 0 Å². The summed E-state index contributed by atoms with van der Waals surface area (Å²) in [5.41, 5.74) is 5.28. The van der Waals surface area contributed by atoms with Crippen LogP contribution in [-0.2, 0) is 13.5 Å². The molecule has 0 saturated carbocycles. The van der Waals surface area contributed by atoms with Gasteiger partial charge in [0.2, 0.25) is 0 Å². The number of hydrazine groups is 1. The molecule has 1 unspecified atom stereocenters. The van der Waals surface area contributed by atoms with Crippen LogP contribution in [0.4, 0.5) is 0 Å². The Balaban J connectivity index is 1.95. The Kier molecular flexibility index (Phi) is 3.50. The summed E-state index contributed by atoms with van der Waals surface area (Å²) in [7, 11) is 1.91. The van der Waals surface area contributed by atoms with Gasteiger partial charge < -0.3 is 0 Å². The molecule has 2 aromatic carbocycles. The quantitative estimate of drug-likeness (QED) is 0.563. The molecule has 3 N–H and O–H groups in total. The first-order chi connectivity index (χ1) is 9.78. The van der Waals surface area contributed by atoms with Crippen molar-refractivity contribution in [3.8, 4) is 0 Å². The second-order valence-electron chi connectivity index (χ2n) is 5.01. The first-order valence-corrected chi connectivity index (χ1v) is 6.69. The Hall–Kier alpha value is -2.17. The number of benzene rings is 2. The molecule has 0 amide bonds. The second-order valence-corrected chi connectivity index (χ2v) is 5.01. The molecule has 1 atom stereocenters. The Morgan fingerprint density at radius 1 is 1.20 bits per heavy atom. The topological polar surface area (TPSA) is 55.9 Å². The predicted octanol–water partition coefficient (Wildman–Crippen LogP) is 2.32. The lowest BCUT2D eigenvalue weighted by atomic mass is 9.97. The number of aromatic nitrogens is 2. The SMILES string of the molecule is Cn1cc(C(Cc2cccc3ccccc23)NN)cn1. The molecule has 4 nitrogen and oxygen atoms in total. The minimum absolute atomic E-state index is 0.0644. The van der Waals surface area contributed by atoms with Crippen LogP contribution in [0.15, 0.2) is 54.9 Å². The maximum atomic E-state index is 5.72. The average molecular weight is 266 g/mol. The summed E-state index contributed by atoms with van der Waals surface area (Å²) in [6.07, 6.45) is 4.69. The number of fused-ring (bicyclic) bond motifs is 1. The van der Waals surface area contributed by atoms with E-state index in [0.717, 1.165) is 12.0 Å². The number of hydrogen-bond acceptors (Lipinski definition) is 3. The zero-order valence-electron chi connectivity index (χ0n) is 11.5. The van der Waals surface area contributed by atoms with E-state index in [4.69, 9.17) is 5.84 Å². The summed E-state index contributed by atoms with van der Waals surface area (Å²) in [4.78, 5) is 0. The second kappa shape index (κ2) is 5.45. The van der Waals surface area contributed by atoms with E-state index in [1.807, 2.05) is 19.4 Å². The van der Waals surface area contributed by atoms with Crippen molar-refractivity contribution in [2.24, 2.45) is 12.9 Å². The van der Waals surface area contributed by atoms with Gasteiger partial charge in [-0.05, 0) is 22.8 Å². The third-order valence-electron chi connectivity index (χ3n) is 3.63. The van der Waals surface area contributed by atoms with Gasteiger partial charge in [0, 0.05) is 18.8 Å². The Morgan fingerprint density at radius 3 is 2.75 bits per heavy atom. The molecular formula is C16H18N4. The van der Waals surface area contributed by atoms with Gasteiger partial charge in [0.15, 0.2) is 0 Å². The zero-order valence-corrected chi connectivity index (χ0v) is 11.5. The van der Waals surface area contributed by atoms with E-state index in [0.29, 0.717) is 0 Å². The summed E-state index contributed by atoms with van der Waals surface area (Å²) in [6.45, 7) is 0. The van der Waals surface area contributed by atoms with Crippen LogP contribution in [0.25, 0.3) is 10.8 Å². The van der Waals surface area contributed by atoms with Crippen molar-refractivity contribution in [2.75, 3.05) is 0 Å². The van der Waals surface area contributed by atoms with E-state index in [1.165, 1.54) is 16.3 Å². The monoisotopic (exact) mass is 266 g/mol. The highest BCUT2D eigenvalue weighted by Crippen LogP contribution is 2.24. The molecule has 20 heavy (non-hydrogen) atoms. The minimum Gasteiger partial charge on any atom is -0.275 e. The summed E-state index contributed by atoms with van der Waals surface area (Å²) in [5, 5.41) is 6.74. The normalized spacial score (nSPS) is 12.7. The summed E-state index contributed by atoms with van der Waals surface area (Å²) < 4.78 is 1.79. The van der Waals surface area contributed by atoms with Crippen molar-refractivity contribution in [2.45, 2.75) is 12.5 Å². The maximum Gasteiger partial charge on any atom is 0.0538 e. The molecule has 0 aliphatic rings. The Morgan fingerprint density at radius 2 is 2.00 bits per heavy atom. The number of hydrogen-bond donors (Lipinski definition) is 2. The molecule has 1 aromatic heterocycles. The largest absolute Gasteiger partial charge is 0.275 e. The molecule has 3 rings (SSSR count). The van der Waals surface area contributed by atoms with Crippen molar-refractivity contribution >= 4 is 10.8 Å². The van der Waals surface area contributed by atoms with Gasteiger partial charge in [-0.2, -0.15) is 5.10 Å². The van der Waals surface area contributed by atoms with E-state index < -0.39 is 0 Å². The van der Waals surface area contributed by atoms with Gasteiger partial charge in [0.1, 0.15) is 0 Å². The molecule has 0 aliphatic carbocycles. The summed E-state index contributed by atoms with van der Waals surface area (Å²) in [6, 6.07) is 14.9. The Labute approximate surface area is 118 Å². The lowest BCUT2D eigenvalue weighted by Crippen LogP contribution is -2.29. The molecule has 0 fully saturated rings. The van der Waals surface area contributed by atoms with Crippen LogP contribution in [0.5, 0.6) is 0 Å². The van der Waals surface area contributed by atoms with Crippen LogP contribution in [0, 0.1) is 0 Å². The first-order valence-electron chi connectivity index (χ1n) is 6.69. The fourth-order valence-electron chi connectivity index (χ4n) is 2.58. The molecule has 3 aromatic rings. The van der Waals surface area contributed by atoms with E-state index >= 15 is 0 Å². The lowest BCUT2D eigenvalue weighted by molar-refractivity contribution is 0.553. The first kappa shape index (κ1) is 12.8. The predicted molar refractivity (Wildman–Crippen MR) is 80.9 cm³/mol. The molecule has 102 valence electrons. The highest BCUT2D eigenvalue weighted by molar-refractivity contribution is 5.85. The third-order valence-corrected chi connectivity index (χ3v) is 3.63. The minimum atomic E-state index is 0.0644. The van der Waals surface area contributed by atoms with E-state index in [-0.39, 0.29) is 6.04 Å². The van der Waals surface area contributed by atoms with E-state index in [2.05, 4.69) is 53.0 Å². The highest BCUT2D eigenvalue weighted by Gasteiger charge is 2.13. The number of nitrogens with one attached hydrogen (secondary N) is 1. The van der Waals surface area contributed by atoms with Crippen molar-refractivity contribution in [1.82, 2.24) is 15.2 Å². The van der Waals surface area contributed by atoms with Crippen LogP contribution in [0.3, 0.4) is 0 Å². The third kappa shape index (κ3) is 2.43. The molecular weight excluding hydrogens is 248 g/mol. The molecule has 0 spiro atoms. The van der Waals surface area contributed by atoms with Crippen molar-refractivity contribution in [1.29, 1.82) is 0 Å². The van der Waals surface area contributed by atoms with Gasteiger partial charge in [-0.3, -0.25) is 16.0 Å². The molecule has 0 aliphatic heterocycles. The standard InChI is InChI=1S/C16H18N4/c1-20-11-14(10-18-20)16(19-17)9-13-7-4-6-12-5-2-3-8-15(12)13/h2-8,10-11,16,19H,9,17H2,1H3. The van der Waals surface area contributed by atoms with Crippen LogP contribution in [0.2, 0.25) is 0 Å². The lowest BCUT2D eigenvalue weighted by Gasteiger charge is -2.15. The smallest absolute Gasteiger partial charge is 0.0538 e. The zero-order chi connectivity index (χ0) is 13.9. The van der Waals surface area contributed by atoms with E-state index in [9.17, 15) is 0 Å². The van der Waals surface area contributed by atoms with Crippen molar-refractivity contribution in [3.63, 3.8) is 0 Å². The van der Waals surface area contributed by atoms with Crippen LogP contribution in [0.1, 0.15) is 17.2 Å². The fourth-order valence-corrected chi connectivity index (χ4v) is 2.58. The maximum absolute atomic E-state index is 5.72. The summed E-state index contributed by atoms with van der Waals surface area (Å²) >= 11 is 0. The van der Waals surface area contributed by atoms with Crippen LogP contribution < -0.4 is 11.3 Å². The highest BCUT2D eigenvalue weighted by atomic mass is 15.3. The van der Waals surface area contributed by atoms with Crippen LogP contribution >= 0.6 is 0 Å². The van der Waals surface area contributed by atoms with E-state index in [1.54, 1.807) is 4.68 Å². The Bertz CT molecular complexity index is 712. The molecule has 0 saturated heterocycles. The van der Waals surface area contributed by atoms with Gasteiger partial charge in [-0.25, -0.2) is 0 Å². The fraction of sp³-hybridized carbons (Fsp3) is 0.188. The van der Waals surface area contributed by atoms with Gasteiger partial charge in [0.25, 0.3) is 0 Å². The number of nitrogens with zero attached hydrogens (tertiary/aromatic N) is 2. The van der Waals surface area contributed by atoms with Crippen LogP contribution in [-0.4, -0.2) is 9.78 Å². The molecule has 4 heteroatoms. The average Bonchev–Trinajstić information content (AvgIpc) is 2.91. The number of nitrogens with two attached hydrogens (primary N) is 1. The molecule has 1 heterocycles. The number of rotatable bonds is 4. The summed E-state index contributed by atoms with van der Waals surface area (Å²) in [5.74, 6) is 5.72. The van der Waals surface area contributed by atoms with Gasteiger partial charge in [-0.15, -0.1) is 0 Å². The van der Waals surface area contributed by atoms with Gasteiger partial charge in [0.05, 0.1) is 12.2 Å². The van der Waals surface area contributed by atoms with Gasteiger partial charge in [-0.1, -0.05) is 42.5 Å². The molecule has 0 bridgehead atoms.